The molecule has 5 heteroatoms. The highest BCUT2D eigenvalue weighted by Crippen LogP contribution is 2.59. The van der Waals surface area contributed by atoms with Crippen molar-refractivity contribution in [3.63, 3.8) is 0 Å². The molecule has 2 aromatic rings. The number of carbonyl (C=O) groups is 2. The fourth-order valence-electron chi connectivity index (χ4n) is 9.01. The highest BCUT2D eigenvalue weighted by atomic mass is 16.5. The van der Waals surface area contributed by atoms with Crippen LogP contribution in [0.4, 0.5) is 0 Å². The third-order valence-electron chi connectivity index (χ3n) is 11.2. The molecule has 5 unspecified atom stereocenters. The lowest BCUT2D eigenvalue weighted by molar-refractivity contribution is -0.133. The van der Waals surface area contributed by atoms with Crippen molar-refractivity contribution in [3.8, 4) is 0 Å². The number of carbonyl (C=O) groups excluding carboxylic acids is 2. The molecule has 44 heavy (non-hydrogen) atoms. The standard InChI is InChI=1S/C24H33NO.C15H19NO2/c1-7-18-9-8-16(4)19-14-21-22(26-15(2)3)11-10-20-17(5)25(6)13-12-24(20,21)23(18)19;1-11-7-3-4-8-13(11)15(16-12(2)17)10-6-5-9-14(15)18/h8-11,17,20-22H,2,7,12-14H2,1,3-6H3;3-4,7-8H,5-6,9-10H2,1-2H3,(H,16,17)/t17?,20?,21?,22-,24?;/m0./s1. The van der Waals surface area contributed by atoms with E-state index in [0.717, 1.165) is 42.6 Å². The number of ether oxygens (including phenoxy) is 1. The summed E-state index contributed by atoms with van der Waals surface area (Å²) in [5.41, 5.74) is 7.72. The maximum Gasteiger partial charge on any atom is 0.217 e. The van der Waals surface area contributed by atoms with Gasteiger partial charge in [0.15, 0.2) is 5.78 Å². The molecule has 1 N–H and O–H groups in total. The van der Waals surface area contributed by atoms with Crippen LogP contribution in [0, 0.1) is 25.7 Å². The van der Waals surface area contributed by atoms with Gasteiger partial charge in [-0.2, -0.15) is 0 Å². The van der Waals surface area contributed by atoms with Crippen LogP contribution in [0.15, 0.2) is 60.9 Å². The Bertz CT molecular complexity index is 1460. The van der Waals surface area contributed by atoms with Gasteiger partial charge in [-0.15, -0.1) is 0 Å². The number of likely N-dealkylation sites (tertiary alicyclic amines) is 1. The lowest BCUT2D eigenvalue weighted by atomic mass is 9.55. The molecule has 4 aliphatic rings. The van der Waals surface area contributed by atoms with E-state index in [1.807, 2.05) is 38.1 Å². The molecule has 2 fully saturated rings. The second kappa shape index (κ2) is 12.7. The van der Waals surface area contributed by atoms with E-state index in [4.69, 9.17) is 4.74 Å². The van der Waals surface area contributed by atoms with Gasteiger partial charge in [0.05, 0.1) is 5.76 Å². The lowest BCUT2D eigenvalue weighted by Gasteiger charge is -2.55. The van der Waals surface area contributed by atoms with Gasteiger partial charge in [0.2, 0.25) is 5.91 Å². The number of aryl methyl sites for hydroxylation is 3. The molecule has 1 heterocycles. The summed E-state index contributed by atoms with van der Waals surface area (Å²) in [7, 11) is 2.28. The van der Waals surface area contributed by atoms with E-state index in [-0.39, 0.29) is 23.2 Å². The van der Waals surface area contributed by atoms with Crippen molar-refractivity contribution in [3.05, 3.63) is 94.3 Å². The summed E-state index contributed by atoms with van der Waals surface area (Å²) in [5.74, 6) is 1.90. The van der Waals surface area contributed by atoms with E-state index in [1.54, 1.807) is 16.7 Å². The highest BCUT2D eigenvalue weighted by Gasteiger charge is 2.59. The van der Waals surface area contributed by atoms with Crippen LogP contribution in [0.3, 0.4) is 0 Å². The normalized spacial score (nSPS) is 30.8. The fraction of sp³-hybridized carbons (Fsp3) is 0.538. The SMILES string of the molecule is C=C(C)O[C@H]1C=CC2C(C)N(C)CCC23c2c(CC)ccc(C)c2CC13.CC(=O)NC1(c2ccccc2C)CCCCC1=O. The van der Waals surface area contributed by atoms with Gasteiger partial charge in [0.25, 0.3) is 0 Å². The minimum atomic E-state index is -0.796. The van der Waals surface area contributed by atoms with Crippen LogP contribution in [0.25, 0.3) is 0 Å². The second-order valence-electron chi connectivity index (χ2n) is 13.8. The Hall–Kier alpha value is -3.18. The molecule has 6 rings (SSSR count). The molecule has 6 atom stereocenters. The Morgan fingerprint density at radius 1 is 1.07 bits per heavy atom. The third kappa shape index (κ3) is 5.46. The molecular weight excluding hydrogens is 544 g/mol. The molecular formula is C39H52N2O3. The zero-order valence-electron chi connectivity index (χ0n) is 28.0. The van der Waals surface area contributed by atoms with Gasteiger partial charge in [-0.25, -0.2) is 0 Å². The number of hydrogen-bond donors (Lipinski definition) is 1. The van der Waals surface area contributed by atoms with E-state index >= 15 is 0 Å². The van der Waals surface area contributed by atoms with E-state index in [0.29, 0.717) is 30.7 Å². The molecule has 1 amide bonds. The Labute approximate surface area is 265 Å². The van der Waals surface area contributed by atoms with E-state index in [2.05, 4.69) is 68.9 Å². The zero-order chi connectivity index (χ0) is 31.8. The topological polar surface area (TPSA) is 58.6 Å². The number of rotatable bonds is 5. The molecule has 0 bridgehead atoms. The summed E-state index contributed by atoms with van der Waals surface area (Å²) in [6.45, 7) is 17.6. The molecule has 0 aromatic heterocycles. The van der Waals surface area contributed by atoms with Crippen molar-refractivity contribution in [2.24, 2.45) is 11.8 Å². The van der Waals surface area contributed by atoms with Gasteiger partial charge in [-0.3, -0.25) is 9.59 Å². The van der Waals surface area contributed by atoms with Crippen molar-refractivity contribution >= 4 is 11.7 Å². The molecule has 2 aromatic carbocycles. The zero-order valence-corrected chi connectivity index (χ0v) is 28.0. The summed E-state index contributed by atoms with van der Waals surface area (Å²) in [4.78, 5) is 26.4. The summed E-state index contributed by atoms with van der Waals surface area (Å²) >= 11 is 0. The predicted octanol–water partition coefficient (Wildman–Crippen LogP) is 7.27. The quantitative estimate of drug-likeness (QED) is 0.291. The Morgan fingerprint density at radius 2 is 1.82 bits per heavy atom. The van der Waals surface area contributed by atoms with Crippen molar-refractivity contribution in [1.29, 1.82) is 0 Å². The molecule has 236 valence electrons. The molecule has 0 radical (unpaired) electrons. The Balaban J connectivity index is 0.000000187. The van der Waals surface area contributed by atoms with Gasteiger partial charge < -0.3 is 15.0 Å². The minimum Gasteiger partial charge on any atom is -0.491 e. The van der Waals surface area contributed by atoms with Gasteiger partial charge in [0, 0.05) is 36.6 Å². The van der Waals surface area contributed by atoms with Crippen LogP contribution in [-0.2, 0) is 38.1 Å². The number of nitrogens with zero attached hydrogens (tertiary/aromatic N) is 1. The lowest BCUT2D eigenvalue weighted by Crippen LogP contribution is -2.58. The minimum absolute atomic E-state index is 0.137. The molecule has 5 nitrogen and oxygen atoms in total. The van der Waals surface area contributed by atoms with Crippen LogP contribution in [-0.4, -0.2) is 42.3 Å². The highest BCUT2D eigenvalue weighted by molar-refractivity contribution is 5.94. The summed E-state index contributed by atoms with van der Waals surface area (Å²) in [6.07, 6.45) is 11.6. The van der Waals surface area contributed by atoms with Crippen LogP contribution in [0.1, 0.15) is 93.2 Å². The first-order chi connectivity index (χ1) is 21.0. The maximum atomic E-state index is 12.4. The first kappa shape index (κ1) is 32.2. The number of nitrogens with one attached hydrogen (secondary N) is 1. The van der Waals surface area contributed by atoms with Crippen LogP contribution >= 0.6 is 0 Å². The Kier molecular flexibility index (Phi) is 9.28. The molecule has 1 spiro atoms. The number of amides is 1. The van der Waals surface area contributed by atoms with Gasteiger partial charge in [-0.05, 0) is 119 Å². The summed E-state index contributed by atoms with van der Waals surface area (Å²) in [6, 6.07) is 13.1. The maximum absolute atomic E-state index is 12.4. The molecule has 1 saturated carbocycles. The van der Waals surface area contributed by atoms with Crippen LogP contribution in [0.2, 0.25) is 0 Å². The van der Waals surface area contributed by atoms with Crippen molar-refractivity contribution in [1.82, 2.24) is 10.2 Å². The first-order valence-electron chi connectivity index (χ1n) is 16.7. The van der Waals surface area contributed by atoms with Gasteiger partial charge in [0.1, 0.15) is 11.6 Å². The molecule has 1 aliphatic heterocycles. The van der Waals surface area contributed by atoms with Crippen LogP contribution in [0.5, 0.6) is 0 Å². The van der Waals surface area contributed by atoms with E-state index in [9.17, 15) is 9.59 Å². The van der Waals surface area contributed by atoms with Gasteiger partial charge >= 0.3 is 0 Å². The summed E-state index contributed by atoms with van der Waals surface area (Å²) < 4.78 is 6.26. The first-order valence-corrected chi connectivity index (χ1v) is 16.7. The Morgan fingerprint density at radius 3 is 2.48 bits per heavy atom. The number of fused-ring (bicyclic) bond motifs is 1. The van der Waals surface area contributed by atoms with E-state index < -0.39 is 5.54 Å². The van der Waals surface area contributed by atoms with Crippen molar-refractivity contribution < 1.29 is 14.3 Å². The predicted molar refractivity (Wildman–Crippen MR) is 179 cm³/mol. The van der Waals surface area contributed by atoms with Crippen LogP contribution < -0.4 is 5.32 Å². The summed E-state index contributed by atoms with van der Waals surface area (Å²) in [5, 5.41) is 2.91. The molecule has 1 saturated heterocycles. The number of Topliss-reactive ketones (excluding diaryl/α,β-unsaturated/α-hetero) is 1. The monoisotopic (exact) mass is 596 g/mol. The average Bonchev–Trinajstić information content (AvgIpc) is 3.34. The third-order valence-corrected chi connectivity index (χ3v) is 11.2. The largest absolute Gasteiger partial charge is 0.491 e. The van der Waals surface area contributed by atoms with Gasteiger partial charge in [-0.1, -0.05) is 56.0 Å². The van der Waals surface area contributed by atoms with Crippen molar-refractivity contribution in [2.75, 3.05) is 13.6 Å². The smallest absolute Gasteiger partial charge is 0.217 e. The average molecular weight is 597 g/mol. The molecule has 3 aliphatic carbocycles. The van der Waals surface area contributed by atoms with Crippen molar-refractivity contribution in [2.45, 2.75) is 110 Å². The number of allylic oxidation sites excluding steroid dienone is 1. The number of hydrogen-bond acceptors (Lipinski definition) is 4. The number of ketones is 1. The number of piperidine rings is 1. The second-order valence-corrected chi connectivity index (χ2v) is 13.8. The number of benzene rings is 2. The van der Waals surface area contributed by atoms with E-state index in [1.165, 1.54) is 25.5 Å². The fourth-order valence-corrected chi connectivity index (χ4v) is 9.01.